The lowest BCUT2D eigenvalue weighted by molar-refractivity contribution is -0.380. The maximum absolute atomic E-state index is 11.9. The number of carboxylic acids is 1. The minimum absolute atomic E-state index is 0.0480. The monoisotopic (exact) mass is 308 g/mol. The van der Waals surface area contributed by atoms with E-state index in [1.165, 1.54) is 23.6 Å². The van der Waals surface area contributed by atoms with Crippen LogP contribution in [-0.2, 0) is 0 Å². The molecule has 0 spiro atoms. The van der Waals surface area contributed by atoms with Crippen molar-refractivity contribution in [1.82, 2.24) is 0 Å². The third-order valence-electron chi connectivity index (χ3n) is 2.54. The number of carboxylic acid groups (broad SMARTS) is 1. The number of amides is 1. The first-order valence-electron chi connectivity index (χ1n) is 5.49. The predicted octanol–water partition coefficient (Wildman–Crippen LogP) is 2.31. The third kappa shape index (κ3) is 2.98. The van der Waals surface area contributed by atoms with Gasteiger partial charge < -0.3 is 15.5 Å². The summed E-state index contributed by atoms with van der Waals surface area (Å²) in [7, 11) is 0. The molecule has 108 valence electrons. The molecule has 1 aromatic heterocycles. The van der Waals surface area contributed by atoms with Crippen molar-refractivity contribution in [3.63, 3.8) is 0 Å². The van der Waals surface area contributed by atoms with Crippen LogP contribution in [0.25, 0.3) is 0 Å². The Balaban J connectivity index is 2.25. The second-order valence-corrected chi connectivity index (χ2v) is 4.78. The number of rotatable bonds is 4. The van der Waals surface area contributed by atoms with Crippen LogP contribution in [0.3, 0.4) is 0 Å². The molecule has 1 aromatic carbocycles. The fourth-order valence-electron chi connectivity index (χ4n) is 1.55. The van der Waals surface area contributed by atoms with E-state index in [4.69, 9.17) is 5.11 Å². The number of phenols is 1. The van der Waals surface area contributed by atoms with Crippen LogP contribution in [0.5, 0.6) is 5.75 Å². The van der Waals surface area contributed by atoms with E-state index in [0.29, 0.717) is 0 Å². The number of carbonyl (C=O) groups excluding carboxylic acids is 1. The Morgan fingerprint density at radius 1 is 1.33 bits per heavy atom. The number of carbonyl (C=O) groups is 2. The van der Waals surface area contributed by atoms with E-state index in [9.17, 15) is 24.8 Å². The van der Waals surface area contributed by atoms with Gasteiger partial charge in [-0.2, -0.15) is 0 Å². The lowest BCUT2D eigenvalue weighted by Crippen LogP contribution is -2.11. The van der Waals surface area contributed by atoms with E-state index >= 15 is 0 Å². The number of nitro groups is 1. The van der Waals surface area contributed by atoms with Crippen LogP contribution in [0.15, 0.2) is 29.6 Å². The van der Waals surface area contributed by atoms with Crippen molar-refractivity contribution in [3.8, 4) is 5.75 Å². The summed E-state index contributed by atoms with van der Waals surface area (Å²) in [5.41, 5.74) is -0.398. The second-order valence-electron chi connectivity index (χ2n) is 3.89. The van der Waals surface area contributed by atoms with Gasteiger partial charge in [0.1, 0.15) is 5.56 Å². The summed E-state index contributed by atoms with van der Waals surface area (Å²) in [5, 5.41) is 32.6. The van der Waals surface area contributed by atoms with Crippen molar-refractivity contribution in [3.05, 3.63) is 50.9 Å². The van der Waals surface area contributed by atoms with Gasteiger partial charge in [0.25, 0.3) is 5.91 Å². The van der Waals surface area contributed by atoms with Gasteiger partial charge in [-0.05, 0) is 12.1 Å². The molecular weight excluding hydrogens is 300 g/mol. The van der Waals surface area contributed by atoms with Gasteiger partial charge in [0.05, 0.1) is 16.2 Å². The first-order valence-corrected chi connectivity index (χ1v) is 6.37. The van der Waals surface area contributed by atoms with E-state index in [-0.39, 0.29) is 21.8 Å². The van der Waals surface area contributed by atoms with Gasteiger partial charge >= 0.3 is 11.0 Å². The molecule has 2 rings (SSSR count). The lowest BCUT2D eigenvalue weighted by Gasteiger charge is -2.08. The summed E-state index contributed by atoms with van der Waals surface area (Å²) < 4.78 is 0. The standard InChI is InChI=1S/C12H8N2O6S/c15-10-7(12(17)18)2-1-3-8(10)13-11(16)6-4-9(14(19)20)21-5-6/h1-5,15H,(H,13,16)(H,17,18). The van der Waals surface area contributed by atoms with E-state index in [0.717, 1.165) is 17.4 Å². The van der Waals surface area contributed by atoms with Crippen LogP contribution in [-0.4, -0.2) is 27.0 Å². The number of hydrogen-bond acceptors (Lipinski definition) is 6. The molecule has 1 amide bonds. The normalized spacial score (nSPS) is 10.1. The molecule has 1 heterocycles. The smallest absolute Gasteiger partial charge is 0.339 e. The summed E-state index contributed by atoms with van der Waals surface area (Å²) in [6, 6.07) is 4.95. The fraction of sp³-hybridized carbons (Fsp3) is 0. The van der Waals surface area contributed by atoms with Gasteiger partial charge in [-0.25, -0.2) is 4.79 Å². The maximum atomic E-state index is 11.9. The highest BCUT2D eigenvalue weighted by molar-refractivity contribution is 7.13. The number of nitrogens with one attached hydrogen (secondary N) is 1. The maximum Gasteiger partial charge on any atom is 0.339 e. The molecule has 0 aliphatic heterocycles. The van der Waals surface area contributed by atoms with Gasteiger partial charge in [0.2, 0.25) is 0 Å². The Labute approximate surface area is 121 Å². The highest BCUT2D eigenvalue weighted by Gasteiger charge is 2.18. The molecule has 0 saturated heterocycles. The summed E-state index contributed by atoms with van der Waals surface area (Å²) in [6.07, 6.45) is 0. The minimum Gasteiger partial charge on any atom is -0.505 e. The number of hydrogen-bond donors (Lipinski definition) is 3. The molecule has 8 nitrogen and oxygen atoms in total. The van der Waals surface area contributed by atoms with Crippen LogP contribution >= 0.6 is 11.3 Å². The Kier molecular flexibility index (Phi) is 3.85. The fourth-order valence-corrected chi connectivity index (χ4v) is 2.26. The van der Waals surface area contributed by atoms with Crippen molar-refractivity contribution in [2.75, 3.05) is 5.32 Å². The number of benzene rings is 1. The Morgan fingerprint density at radius 2 is 2.05 bits per heavy atom. The minimum atomic E-state index is -1.34. The highest BCUT2D eigenvalue weighted by Crippen LogP contribution is 2.29. The largest absolute Gasteiger partial charge is 0.505 e. The summed E-state index contributed by atoms with van der Waals surface area (Å²) >= 11 is 0.792. The Bertz CT molecular complexity index is 739. The molecule has 3 N–H and O–H groups in total. The first kappa shape index (κ1) is 14.5. The van der Waals surface area contributed by atoms with Gasteiger partial charge in [-0.1, -0.05) is 17.4 Å². The van der Waals surface area contributed by atoms with Crippen molar-refractivity contribution in [2.24, 2.45) is 0 Å². The SMILES string of the molecule is O=C(Nc1cccc(C(=O)O)c1O)c1csc([N+](=O)[O-])c1. The quantitative estimate of drug-likeness (QED) is 0.451. The predicted molar refractivity (Wildman–Crippen MR) is 74.0 cm³/mol. The zero-order valence-corrected chi connectivity index (χ0v) is 11.1. The molecule has 0 aliphatic carbocycles. The van der Waals surface area contributed by atoms with Crippen molar-refractivity contribution in [1.29, 1.82) is 0 Å². The molecule has 9 heteroatoms. The Hall–Kier alpha value is -2.94. The number of nitrogens with zero attached hydrogens (tertiary/aromatic N) is 1. The molecule has 0 bridgehead atoms. The highest BCUT2D eigenvalue weighted by atomic mass is 32.1. The summed E-state index contributed by atoms with van der Waals surface area (Å²) in [4.78, 5) is 32.7. The molecule has 0 unspecified atom stereocenters. The summed E-state index contributed by atoms with van der Waals surface area (Å²) in [6.45, 7) is 0. The van der Waals surface area contributed by atoms with Gasteiger partial charge in [-0.15, -0.1) is 0 Å². The molecule has 0 atom stereocenters. The molecule has 2 aromatic rings. The number of anilines is 1. The van der Waals surface area contributed by atoms with Crippen LogP contribution in [0.2, 0.25) is 0 Å². The Morgan fingerprint density at radius 3 is 2.62 bits per heavy atom. The average Bonchev–Trinajstić information content (AvgIpc) is 2.90. The van der Waals surface area contributed by atoms with Crippen molar-refractivity contribution in [2.45, 2.75) is 0 Å². The molecule has 0 radical (unpaired) electrons. The summed E-state index contributed by atoms with van der Waals surface area (Å²) in [5.74, 6) is -2.60. The van der Waals surface area contributed by atoms with Gasteiger partial charge in [-0.3, -0.25) is 14.9 Å². The topological polar surface area (TPSA) is 130 Å². The van der Waals surface area contributed by atoms with Crippen molar-refractivity contribution >= 4 is 33.9 Å². The first-order chi connectivity index (χ1) is 9.90. The second kappa shape index (κ2) is 5.59. The van der Waals surface area contributed by atoms with Gasteiger partial charge in [0, 0.05) is 11.4 Å². The molecule has 0 aliphatic rings. The average molecular weight is 308 g/mol. The van der Waals surface area contributed by atoms with E-state index in [2.05, 4.69) is 5.32 Å². The van der Waals surface area contributed by atoms with Crippen molar-refractivity contribution < 1.29 is 24.7 Å². The van der Waals surface area contributed by atoms with Crippen LogP contribution in [0.1, 0.15) is 20.7 Å². The number of aromatic carboxylic acids is 1. The number of aromatic hydroxyl groups is 1. The lowest BCUT2D eigenvalue weighted by atomic mass is 10.1. The van der Waals surface area contributed by atoms with E-state index < -0.39 is 22.5 Å². The molecular formula is C12H8N2O6S. The molecule has 0 fully saturated rings. The number of thiophene rings is 1. The third-order valence-corrected chi connectivity index (χ3v) is 3.42. The van der Waals surface area contributed by atoms with Crippen LogP contribution in [0, 0.1) is 10.1 Å². The van der Waals surface area contributed by atoms with Crippen LogP contribution in [0.4, 0.5) is 10.7 Å². The molecule has 21 heavy (non-hydrogen) atoms. The number of para-hydroxylation sites is 1. The van der Waals surface area contributed by atoms with E-state index in [1.807, 2.05) is 0 Å². The zero-order chi connectivity index (χ0) is 15.6. The zero-order valence-electron chi connectivity index (χ0n) is 10.3. The van der Waals surface area contributed by atoms with E-state index in [1.54, 1.807) is 0 Å². The van der Waals surface area contributed by atoms with Gasteiger partial charge in [0.15, 0.2) is 5.75 Å². The van der Waals surface area contributed by atoms with Crippen LogP contribution < -0.4 is 5.32 Å². The molecule has 0 saturated carbocycles.